The Bertz CT molecular complexity index is 1010. The Morgan fingerprint density at radius 3 is 2.76 bits per heavy atom. The molecule has 3 aliphatic heterocycles. The third-order valence-corrected chi connectivity index (χ3v) is 5.55. The van der Waals surface area contributed by atoms with E-state index >= 15 is 0 Å². The van der Waals surface area contributed by atoms with Gasteiger partial charge in [-0.15, -0.1) is 0 Å². The number of carbonyl (C=O) groups is 1. The third-order valence-electron chi connectivity index (χ3n) is 5.55. The fourth-order valence-corrected chi connectivity index (χ4v) is 4.07. The molecule has 0 aliphatic carbocycles. The Labute approximate surface area is 165 Å². The molecule has 1 amide bonds. The predicted molar refractivity (Wildman–Crippen MR) is 100 cm³/mol. The van der Waals surface area contributed by atoms with Crippen LogP contribution in [0, 0.1) is 5.82 Å². The fraction of sp³-hybridized carbons (Fsp3) is 0.350. The molecular formula is C20H18FN3O5. The van der Waals surface area contributed by atoms with Gasteiger partial charge < -0.3 is 19.8 Å². The minimum atomic E-state index is -0.612. The van der Waals surface area contributed by atoms with Gasteiger partial charge in [0.1, 0.15) is 17.6 Å². The van der Waals surface area contributed by atoms with Gasteiger partial charge >= 0.3 is 6.09 Å². The monoisotopic (exact) mass is 399 g/mol. The molecule has 2 aromatic rings. The summed E-state index contributed by atoms with van der Waals surface area (Å²) in [7, 11) is 0. The molecule has 1 saturated heterocycles. The summed E-state index contributed by atoms with van der Waals surface area (Å²) in [6.45, 7) is -0.388. The van der Waals surface area contributed by atoms with E-state index in [4.69, 9.17) is 14.7 Å². The van der Waals surface area contributed by atoms with Crippen LogP contribution in [-0.2, 0) is 16.0 Å². The normalized spacial score (nSPS) is 24.8. The number of nitrogens with zero attached hydrogens (tertiary/aromatic N) is 3. The van der Waals surface area contributed by atoms with E-state index in [1.807, 2.05) is 0 Å². The lowest BCUT2D eigenvalue weighted by molar-refractivity contribution is 0.0390. The average Bonchev–Trinajstić information content (AvgIpc) is 3.43. The first-order valence-electron chi connectivity index (χ1n) is 9.32. The Morgan fingerprint density at radius 1 is 1.21 bits per heavy atom. The Kier molecular flexibility index (Phi) is 4.21. The van der Waals surface area contributed by atoms with Gasteiger partial charge in [-0.05, 0) is 30.2 Å². The van der Waals surface area contributed by atoms with E-state index in [1.165, 1.54) is 11.0 Å². The number of benzene rings is 1. The first kappa shape index (κ1) is 18.0. The zero-order valence-electron chi connectivity index (χ0n) is 15.3. The maximum Gasteiger partial charge on any atom is 0.415 e. The number of aliphatic hydroxyl groups excluding tert-OH is 2. The van der Waals surface area contributed by atoms with E-state index in [2.05, 4.69) is 10.1 Å². The van der Waals surface area contributed by atoms with Gasteiger partial charge in [-0.25, -0.2) is 9.18 Å². The van der Waals surface area contributed by atoms with E-state index in [-0.39, 0.29) is 25.4 Å². The number of aromatic nitrogens is 1. The molecule has 0 radical (unpaired) electrons. The highest BCUT2D eigenvalue weighted by Gasteiger charge is 2.47. The molecule has 5 rings (SSSR count). The molecular weight excluding hydrogens is 381 g/mol. The van der Waals surface area contributed by atoms with Gasteiger partial charge in [0, 0.05) is 23.7 Å². The number of cyclic esters (lactones) is 1. The van der Waals surface area contributed by atoms with E-state index in [0.717, 1.165) is 5.56 Å². The number of rotatable bonds is 4. The minimum absolute atomic E-state index is 0.117. The minimum Gasteiger partial charge on any atom is -0.441 e. The van der Waals surface area contributed by atoms with Crippen LogP contribution in [0.4, 0.5) is 14.9 Å². The zero-order valence-corrected chi connectivity index (χ0v) is 15.3. The number of fused-ring (bicyclic) bond motifs is 3. The van der Waals surface area contributed by atoms with Crippen molar-refractivity contribution in [3.8, 4) is 11.1 Å². The standard InChI is InChI=1S/C20H18FN3O5/c21-14-6-17-11(4-18-19(9-26)28-20(27)24(17)18)3-13(14)10-1-2-15(22-7-10)16-5-12(8-25)29-23-16/h1-3,6-7,12,18-19,25-26H,4-5,8-9H2/t12-,18-,19?/m0/s1. The van der Waals surface area contributed by atoms with E-state index in [1.54, 1.807) is 24.4 Å². The highest BCUT2D eigenvalue weighted by Crippen LogP contribution is 2.41. The maximum atomic E-state index is 14.9. The summed E-state index contributed by atoms with van der Waals surface area (Å²) >= 11 is 0. The molecule has 9 heteroatoms. The second-order valence-corrected chi connectivity index (χ2v) is 7.29. The number of oxime groups is 1. The van der Waals surface area contributed by atoms with Crippen molar-refractivity contribution in [2.45, 2.75) is 31.1 Å². The SMILES string of the molecule is O=C1OC(CO)[C@@H]2Cc3cc(-c4ccc(C5=NO[C@H](CO)C5)nc4)c(F)cc3N12. The molecule has 0 saturated carbocycles. The van der Waals surface area contributed by atoms with Crippen LogP contribution in [0.15, 0.2) is 35.6 Å². The molecule has 1 aromatic heterocycles. The summed E-state index contributed by atoms with van der Waals surface area (Å²) in [6.07, 6.45) is 0.989. The second kappa shape index (κ2) is 6.78. The van der Waals surface area contributed by atoms with Crippen molar-refractivity contribution < 1.29 is 29.0 Å². The van der Waals surface area contributed by atoms with Crippen molar-refractivity contribution >= 4 is 17.5 Å². The number of anilines is 1. The molecule has 3 atom stereocenters. The van der Waals surface area contributed by atoms with E-state index in [9.17, 15) is 14.3 Å². The molecule has 3 aliphatic rings. The second-order valence-electron chi connectivity index (χ2n) is 7.29. The van der Waals surface area contributed by atoms with Gasteiger partial charge in [-0.2, -0.15) is 0 Å². The van der Waals surface area contributed by atoms with Gasteiger partial charge in [0.15, 0.2) is 6.10 Å². The number of aliphatic hydroxyl groups is 2. The van der Waals surface area contributed by atoms with Crippen LogP contribution in [0.2, 0.25) is 0 Å². The lowest BCUT2D eigenvalue weighted by atomic mass is 10.00. The number of amides is 1. The lowest BCUT2D eigenvalue weighted by Crippen LogP contribution is -2.34. The quantitative estimate of drug-likeness (QED) is 0.810. The topological polar surface area (TPSA) is 104 Å². The summed E-state index contributed by atoms with van der Waals surface area (Å²) in [6, 6.07) is 6.22. The summed E-state index contributed by atoms with van der Waals surface area (Å²) in [5.74, 6) is -0.471. The van der Waals surface area contributed by atoms with Gasteiger partial charge in [-0.3, -0.25) is 9.88 Å². The predicted octanol–water partition coefficient (Wildman–Crippen LogP) is 1.62. The smallest absolute Gasteiger partial charge is 0.415 e. The van der Waals surface area contributed by atoms with Gasteiger partial charge in [0.05, 0.1) is 30.6 Å². The molecule has 8 nitrogen and oxygen atoms in total. The van der Waals surface area contributed by atoms with Crippen LogP contribution in [-0.4, -0.2) is 58.5 Å². The van der Waals surface area contributed by atoms with Crippen LogP contribution >= 0.6 is 0 Å². The molecule has 0 spiro atoms. The highest BCUT2D eigenvalue weighted by atomic mass is 19.1. The average molecular weight is 399 g/mol. The molecule has 1 aromatic carbocycles. The number of hydrogen-bond donors (Lipinski definition) is 2. The van der Waals surface area contributed by atoms with Gasteiger partial charge in [0.2, 0.25) is 0 Å². The van der Waals surface area contributed by atoms with Crippen molar-refractivity contribution in [3.63, 3.8) is 0 Å². The van der Waals surface area contributed by atoms with E-state index < -0.39 is 18.0 Å². The Morgan fingerprint density at radius 2 is 2.07 bits per heavy atom. The van der Waals surface area contributed by atoms with Crippen molar-refractivity contribution in [1.82, 2.24) is 4.98 Å². The summed E-state index contributed by atoms with van der Waals surface area (Å²) in [5.41, 5.74) is 3.54. The maximum absolute atomic E-state index is 14.9. The Balaban J connectivity index is 1.44. The number of pyridine rings is 1. The van der Waals surface area contributed by atoms with Crippen molar-refractivity contribution in [3.05, 3.63) is 47.5 Å². The molecule has 150 valence electrons. The summed E-state index contributed by atoms with van der Waals surface area (Å²) in [5, 5.41) is 22.5. The molecule has 2 N–H and O–H groups in total. The molecule has 1 fully saturated rings. The molecule has 1 unspecified atom stereocenters. The van der Waals surface area contributed by atoms with Crippen LogP contribution < -0.4 is 4.90 Å². The fourth-order valence-electron chi connectivity index (χ4n) is 4.07. The largest absolute Gasteiger partial charge is 0.441 e. The Hall–Kier alpha value is -3.04. The van der Waals surface area contributed by atoms with Gasteiger partial charge in [0.25, 0.3) is 0 Å². The molecule has 4 heterocycles. The van der Waals surface area contributed by atoms with Crippen molar-refractivity contribution in [1.29, 1.82) is 0 Å². The van der Waals surface area contributed by atoms with Crippen molar-refractivity contribution in [2.75, 3.05) is 18.1 Å². The molecule has 0 bridgehead atoms. The summed E-state index contributed by atoms with van der Waals surface area (Å²) in [4.78, 5) is 23.0. The van der Waals surface area contributed by atoms with Crippen molar-refractivity contribution in [2.24, 2.45) is 5.16 Å². The highest BCUT2D eigenvalue weighted by molar-refractivity contribution is 6.00. The molecule has 29 heavy (non-hydrogen) atoms. The summed E-state index contributed by atoms with van der Waals surface area (Å²) < 4.78 is 20.0. The number of hydrogen-bond acceptors (Lipinski definition) is 7. The first-order valence-corrected chi connectivity index (χ1v) is 9.32. The lowest BCUT2D eigenvalue weighted by Gasteiger charge is -2.15. The number of ether oxygens (including phenoxy) is 1. The zero-order chi connectivity index (χ0) is 20.1. The van der Waals surface area contributed by atoms with Crippen LogP contribution in [0.3, 0.4) is 0 Å². The number of carbonyl (C=O) groups excluding carboxylic acids is 1. The third kappa shape index (κ3) is 2.85. The van der Waals surface area contributed by atoms with E-state index in [0.29, 0.717) is 41.1 Å². The van der Waals surface area contributed by atoms with Crippen LogP contribution in [0.1, 0.15) is 17.7 Å². The van der Waals surface area contributed by atoms with Crippen LogP contribution in [0.25, 0.3) is 11.1 Å². The van der Waals surface area contributed by atoms with Gasteiger partial charge in [-0.1, -0.05) is 11.2 Å². The first-order chi connectivity index (χ1) is 14.1. The number of halogens is 1. The van der Waals surface area contributed by atoms with Crippen LogP contribution in [0.5, 0.6) is 0 Å².